The molecule has 94 valence electrons. The Morgan fingerprint density at radius 3 is 2.89 bits per heavy atom. The summed E-state index contributed by atoms with van der Waals surface area (Å²) in [6.07, 6.45) is 1.61. The van der Waals surface area contributed by atoms with Crippen LogP contribution in [-0.2, 0) is 0 Å². The van der Waals surface area contributed by atoms with Crippen LogP contribution in [0.15, 0.2) is 34.9 Å². The van der Waals surface area contributed by atoms with Gasteiger partial charge in [0.15, 0.2) is 0 Å². The number of nitrogens with zero attached hydrogens (tertiary/aromatic N) is 2. The lowest BCUT2D eigenvalue weighted by molar-refractivity contribution is 0.412. The van der Waals surface area contributed by atoms with E-state index in [9.17, 15) is 0 Å². The van der Waals surface area contributed by atoms with Gasteiger partial charge in [-0.1, -0.05) is 0 Å². The molecule has 0 aliphatic heterocycles. The SMILES string of the molecule is COc1cc(Nc2ccnc(NN)n2)ccc1Br. The summed E-state index contributed by atoms with van der Waals surface area (Å²) < 4.78 is 6.11. The minimum atomic E-state index is 0.351. The Kier molecular flexibility index (Phi) is 3.96. The normalized spacial score (nSPS) is 9.94. The highest BCUT2D eigenvalue weighted by molar-refractivity contribution is 9.10. The largest absolute Gasteiger partial charge is 0.495 e. The van der Waals surface area contributed by atoms with Crippen molar-refractivity contribution in [1.29, 1.82) is 0 Å². The van der Waals surface area contributed by atoms with E-state index in [0.717, 1.165) is 15.9 Å². The first-order chi connectivity index (χ1) is 8.72. The second kappa shape index (κ2) is 5.65. The van der Waals surface area contributed by atoms with Crippen LogP contribution >= 0.6 is 15.9 Å². The van der Waals surface area contributed by atoms with Gasteiger partial charge >= 0.3 is 0 Å². The van der Waals surface area contributed by atoms with E-state index in [-0.39, 0.29) is 0 Å². The standard InChI is InChI=1S/C11H12BrN5O/c1-18-9-6-7(2-3-8(9)12)15-10-4-5-14-11(16-10)17-13/h2-6H,13H2,1H3,(H2,14,15,16,17). The molecule has 0 saturated heterocycles. The zero-order valence-electron chi connectivity index (χ0n) is 9.64. The van der Waals surface area contributed by atoms with E-state index in [2.05, 4.69) is 36.6 Å². The van der Waals surface area contributed by atoms with Crippen molar-refractivity contribution < 1.29 is 4.74 Å². The molecule has 0 radical (unpaired) electrons. The first kappa shape index (κ1) is 12.6. The van der Waals surface area contributed by atoms with E-state index < -0.39 is 0 Å². The Morgan fingerprint density at radius 2 is 2.17 bits per heavy atom. The number of ether oxygens (including phenoxy) is 1. The van der Waals surface area contributed by atoms with Crippen LogP contribution in [0.2, 0.25) is 0 Å². The van der Waals surface area contributed by atoms with E-state index in [1.165, 1.54) is 0 Å². The van der Waals surface area contributed by atoms with Crippen LogP contribution in [0.1, 0.15) is 0 Å². The molecule has 0 amide bonds. The fourth-order valence-electron chi connectivity index (χ4n) is 1.38. The molecule has 0 aliphatic carbocycles. The second-order valence-corrected chi connectivity index (χ2v) is 4.24. The molecule has 7 heteroatoms. The van der Waals surface area contributed by atoms with E-state index >= 15 is 0 Å². The molecule has 0 atom stereocenters. The van der Waals surface area contributed by atoms with Crippen molar-refractivity contribution >= 4 is 33.4 Å². The smallest absolute Gasteiger partial charge is 0.239 e. The number of halogens is 1. The lowest BCUT2D eigenvalue weighted by Crippen LogP contribution is -2.10. The van der Waals surface area contributed by atoms with Gasteiger partial charge in [-0.25, -0.2) is 10.8 Å². The third kappa shape index (κ3) is 2.88. The minimum absolute atomic E-state index is 0.351. The van der Waals surface area contributed by atoms with Gasteiger partial charge < -0.3 is 10.1 Å². The van der Waals surface area contributed by atoms with Gasteiger partial charge in [-0.3, -0.25) is 5.43 Å². The molecule has 0 fully saturated rings. The maximum atomic E-state index is 5.25. The topological polar surface area (TPSA) is 85.1 Å². The quantitative estimate of drug-likeness (QED) is 0.593. The van der Waals surface area contributed by atoms with Gasteiger partial charge in [0.05, 0.1) is 11.6 Å². The summed E-state index contributed by atoms with van der Waals surface area (Å²) in [5.74, 6) is 6.98. The molecule has 0 spiro atoms. The molecule has 1 aromatic heterocycles. The fraction of sp³-hybridized carbons (Fsp3) is 0.0909. The van der Waals surface area contributed by atoms with Crippen LogP contribution in [0.5, 0.6) is 5.75 Å². The van der Waals surface area contributed by atoms with Gasteiger partial charge in [0, 0.05) is 18.0 Å². The lowest BCUT2D eigenvalue weighted by Gasteiger charge is -2.09. The molecular weight excluding hydrogens is 298 g/mol. The van der Waals surface area contributed by atoms with Crippen LogP contribution < -0.4 is 21.3 Å². The van der Waals surface area contributed by atoms with Gasteiger partial charge in [-0.05, 0) is 34.1 Å². The summed E-state index contributed by atoms with van der Waals surface area (Å²) in [6.45, 7) is 0. The Balaban J connectivity index is 2.22. The van der Waals surface area contributed by atoms with Crippen molar-refractivity contribution in [1.82, 2.24) is 9.97 Å². The summed E-state index contributed by atoms with van der Waals surface area (Å²) in [7, 11) is 1.62. The third-order valence-corrected chi connectivity index (χ3v) is 2.86. The average Bonchev–Trinajstić information content (AvgIpc) is 2.41. The van der Waals surface area contributed by atoms with Crippen LogP contribution in [0.4, 0.5) is 17.5 Å². The number of nitrogens with two attached hydrogens (primary N) is 1. The highest BCUT2D eigenvalue weighted by atomic mass is 79.9. The number of aromatic nitrogens is 2. The monoisotopic (exact) mass is 309 g/mol. The van der Waals surface area contributed by atoms with Crippen molar-refractivity contribution in [3.63, 3.8) is 0 Å². The number of hydrazine groups is 1. The highest BCUT2D eigenvalue weighted by Crippen LogP contribution is 2.29. The van der Waals surface area contributed by atoms with E-state index in [1.807, 2.05) is 18.2 Å². The Labute approximate surface area is 113 Å². The summed E-state index contributed by atoms with van der Waals surface area (Å²) in [5.41, 5.74) is 3.25. The highest BCUT2D eigenvalue weighted by Gasteiger charge is 2.03. The molecule has 0 saturated carbocycles. The van der Waals surface area contributed by atoms with Crippen molar-refractivity contribution in [3.8, 4) is 5.75 Å². The number of nitrogens with one attached hydrogen (secondary N) is 2. The number of hydrogen-bond donors (Lipinski definition) is 3. The molecule has 4 N–H and O–H groups in total. The summed E-state index contributed by atoms with van der Waals surface area (Å²) in [6, 6.07) is 7.41. The third-order valence-electron chi connectivity index (χ3n) is 2.21. The Bertz CT molecular complexity index is 549. The molecule has 0 aliphatic rings. The molecular formula is C11H12BrN5O. The van der Waals surface area contributed by atoms with E-state index in [1.54, 1.807) is 19.4 Å². The van der Waals surface area contributed by atoms with Gasteiger partial charge in [0.2, 0.25) is 5.95 Å². The van der Waals surface area contributed by atoms with Crippen LogP contribution in [-0.4, -0.2) is 17.1 Å². The van der Waals surface area contributed by atoms with E-state index in [0.29, 0.717) is 11.8 Å². The molecule has 2 aromatic rings. The second-order valence-electron chi connectivity index (χ2n) is 3.38. The predicted octanol–water partition coefficient (Wildman–Crippen LogP) is 2.28. The fourth-order valence-corrected chi connectivity index (χ4v) is 1.79. The molecule has 0 bridgehead atoms. The van der Waals surface area contributed by atoms with Gasteiger partial charge in [-0.2, -0.15) is 4.98 Å². The Hall–Kier alpha value is -1.86. The maximum Gasteiger partial charge on any atom is 0.239 e. The average molecular weight is 310 g/mol. The van der Waals surface area contributed by atoms with Crippen molar-refractivity contribution in [2.45, 2.75) is 0 Å². The molecule has 1 heterocycles. The number of methoxy groups -OCH3 is 1. The van der Waals surface area contributed by atoms with Crippen LogP contribution in [0.3, 0.4) is 0 Å². The van der Waals surface area contributed by atoms with Crippen molar-refractivity contribution in [3.05, 3.63) is 34.9 Å². The summed E-state index contributed by atoms with van der Waals surface area (Å²) >= 11 is 3.39. The Morgan fingerprint density at radius 1 is 1.33 bits per heavy atom. The predicted molar refractivity (Wildman–Crippen MR) is 73.8 cm³/mol. The number of hydrogen-bond acceptors (Lipinski definition) is 6. The molecule has 0 unspecified atom stereocenters. The zero-order valence-corrected chi connectivity index (χ0v) is 11.2. The zero-order chi connectivity index (χ0) is 13.0. The molecule has 1 aromatic carbocycles. The maximum absolute atomic E-state index is 5.25. The molecule has 18 heavy (non-hydrogen) atoms. The minimum Gasteiger partial charge on any atom is -0.495 e. The number of benzene rings is 1. The first-order valence-electron chi connectivity index (χ1n) is 5.13. The number of nitrogen functional groups attached to an aromatic ring is 1. The van der Waals surface area contributed by atoms with Crippen LogP contribution in [0, 0.1) is 0 Å². The van der Waals surface area contributed by atoms with Crippen molar-refractivity contribution in [2.75, 3.05) is 17.9 Å². The molecule has 2 rings (SSSR count). The summed E-state index contributed by atoms with van der Waals surface area (Å²) in [4.78, 5) is 8.08. The van der Waals surface area contributed by atoms with E-state index in [4.69, 9.17) is 10.6 Å². The van der Waals surface area contributed by atoms with Gasteiger partial charge in [0.25, 0.3) is 0 Å². The van der Waals surface area contributed by atoms with Gasteiger partial charge in [0.1, 0.15) is 11.6 Å². The summed E-state index contributed by atoms with van der Waals surface area (Å²) in [5, 5.41) is 3.13. The first-order valence-corrected chi connectivity index (χ1v) is 5.92. The number of anilines is 3. The van der Waals surface area contributed by atoms with Crippen molar-refractivity contribution in [2.24, 2.45) is 5.84 Å². The molecule has 6 nitrogen and oxygen atoms in total. The lowest BCUT2D eigenvalue weighted by atomic mass is 10.3. The van der Waals surface area contributed by atoms with Gasteiger partial charge in [-0.15, -0.1) is 0 Å². The van der Waals surface area contributed by atoms with Crippen LogP contribution in [0.25, 0.3) is 0 Å². The number of rotatable bonds is 4.